The number of fused-ring (bicyclic) bond motifs is 3. The van der Waals surface area contributed by atoms with Crippen LogP contribution in [0.15, 0.2) is 39.1 Å². The van der Waals surface area contributed by atoms with E-state index < -0.39 is 20.8 Å². The van der Waals surface area contributed by atoms with Crippen molar-refractivity contribution in [3.05, 3.63) is 62.0 Å². The monoisotopic (exact) mass is 539 g/mol. The molecule has 1 aliphatic heterocycles. The minimum atomic E-state index is -0.826. The standard InChI is InChI=1S/C11H6BrS.C4H10N.C2H6Si.2ClH.Zr/c12-8-1-2-9-7(5-8)6-11-10(9)3-4-13-11;1-4(2,3)5;1-3-2;;;/h1-5,10H;5H,1-3H3;1-2H3;2*1H;/q2*-1;;;;+4/p-2. The molecule has 24 heavy (non-hydrogen) atoms. The molecule has 1 nitrogen and oxygen atoms in total. The third kappa shape index (κ3) is 11.0. The first-order valence-electron chi connectivity index (χ1n) is 7.24. The first-order chi connectivity index (χ1) is 11.2. The summed E-state index contributed by atoms with van der Waals surface area (Å²) >= 11 is 4.43. The van der Waals surface area contributed by atoms with Crippen molar-refractivity contribution in [1.82, 2.24) is 0 Å². The van der Waals surface area contributed by atoms with Gasteiger partial charge in [-0.1, -0.05) is 66.8 Å². The molecule has 7 heteroatoms. The molecule has 130 valence electrons. The summed E-state index contributed by atoms with van der Waals surface area (Å²) in [5.74, 6) is 0.494. The second-order valence-electron chi connectivity index (χ2n) is 5.97. The van der Waals surface area contributed by atoms with Gasteiger partial charge in [-0.05, 0) is 15.8 Å². The van der Waals surface area contributed by atoms with Crippen molar-refractivity contribution in [2.45, 2.75) is 45.3 Å². The Morgan fingerprint density at radius 3 is 2.29 bits per heavy atom. The summed E-state index contributed by atoms with van der Waals surface area (Å²) in [6.07, 6.45) is 5.67. The second kappa shape index (κ2) is 13.4. The fourth-order valence-electron chi connectivity index (χ4n) is 1.74. The molecule has 2 radical (unpaired) electrons. The SMILES string of the molecule is Brc1ccc2c(c1)[C-]=C1SC=CC12.CC(C)(C)[NH-].C[Si]C.[Cl][Zr+2][Cl]. The van der Waals surface area contributed by atoms with Crippen LogP contribution in [0.5, 0.6) is 0 Å². The molecule has 1 aliphatic carbocycles. The molecule has 1 atom stereocenters. The average Bonchev–Trinajstić information content (AvgIpc) is 2.98. The fourth-order valence-corrected chi connectivity index (χ4v) is 3.01. The first-order valence-corrected chi connectivity index (χ1v) is 17.2. The molecule has 0 saturated carbocycles. The molecule has 1 N–H and O–H groups in total. The van der Waals surface area contributed by atoms with Crippen LogP contribution < -0.4 is 0 Å². The Hall–Kier alpha value is 1.17. The van der Waals surface area contributed by atoms with Crippen molar-refractivity contribution in [1.29, 1.82) is 0 Å². The number of hydrogen-bond acceptors (Lipinski definition) is 1. The van der Waals surface area contributed by atoms with E-state index in [0.717, 1.165) is 14.0 Å². The van der Waals surface area contributed by atoms with Gasteiger partial charge in [0.25, 0.3) is 0 Å². The molecule has 0 bridgehead atoms. The van der Waals surface area contributed by atoms with E-state index in [-0.39, 0.29) is 5.54 Å². The van der Waals surface area contributed by atoms with Gasteiger partial charge < -0.3 is 5.73 Å². The van der Waals surface area contributed by atoms with Crippen LogP contribution in [-0.4, -0.2) is 15.1 Å². The maximum absolute atomic E-state index is 6.94. The van der Waals surface area contributed by atoms with Crippen molar-refractivity contribution in [3.63, 3.8) is 0 Å². The zero-order valence-electron chi connectivity index (χ0n) is 14.5. The topological polar surface area (TPSA) is 23.8 Å². The van der Waals surface area contributed by atoms with Crippen molar-refractivity contribution in [3.8, 4) is 0 Å². The Balaban J connectivity index is 0.000000406. The summed E-state index contributed by atoms with van der Waals surface area (Å²) in [7, 11) is 11.0. The summed E-state index contributed by atoms with van der Waals surface area (Å²) in [6.45, 7) is 9.87. The second-order valence-corrected chi connectivity index (χ2v) is 12.6. The fraction of sp³-hybridized carbons (Fsp3) is 0.412. The zero-order valence-corrected chi connectivity index (χ0v) is 21.9. The van der Waals surface area contributed by atoms with Gasteiger partial charge in [-0.15, -0.1) is 35.0 Å². The summed E-state index contributed by atoms with van der Waals surface area (Å²) < 4.78 is 1.13. The molecular weight excluding hydrogens is 520 g/mol. The first kappa shape index (κ1) is 25.2. The number of thioether (sulfide) groups is 1. The number of benzene rings is 1. The molecule has 0 fully saturated rings. The molecule has 0 saturated heterocycles. The van der Waals surface area contributed by atoms with Crippen molar-refractivity contribution < 1.29 is 20.8 Å². The summed E-state index contributed by atoms with van der Waals surface area (Å²) in [6, 6.07) is 6.41. The molecule has 1 heterocycles. The van der Waals surface area contributed by atoms with E-state index in [4.69, 9.17) is 22.8 Å². The van der Waals surface area contributed by atoms with Crippen LogP contribution in [0, 0.1) is 6.08 Å². The summed E-state index contributed by atoms with van der Waals surface area (Å²) in [4.78, 5) is 1.34. The Kier molecular flexibility index (Phi) is 14.0. The van der Waals surface area contributed by atoms with Gasteiger partial charge >= 0.3 is 37.9 Å². The van der Waals surface area contributed by atoms with Crippen LogP contribution >= 0.6 is 44.7 Å². The van der Waals surface area contributed by atoms with Crippen LogP contribution in [-0.2, 0) is 20.8 Å². The number of rotatable bonds is 0. The van der Waals surface area contributed by atoms with Crippen LogP contribution in [0.25, 0.3) is 5.73 Å². The quantitative estimate of drug-likeness (QED) is 0.242. The van der Waals surface area contributed by atoms with Crippen molar-refractivity contribution in [2.75, 3.05) is 0 Å². The third-order valence-corrected chi connectivity index (χ3v) is 3.75. The normalized spacial score (nSPS) is 16.0. The van der Waals surface area contributed by atoms with Crippen molar-refractivity contribution in [2.24, 2.45) is 0 Å². The van der Waals surface area contributed by atoms with E-state index >= 15 is 0 Å². The predicted octanol–water partition coefficient (Wildman–Crippen LogP) is 7.84. The van der Waals surface area contributed by atoms with E-state index in [1.807, 2.05) is 20.8 Å². The van der Waals surface area contributed by atoms with Gasteiger partial charge in [-0.25, -0.2) is 0 Å². The van der Waals surface area contributed by atoms with E-state index in [9.17, 15) is 0 Å². The molecule has 0 aromatic heterocycles. The van der Waals surface area contributed by atoms with Gasteiger partial charge in [0.15, 0.2) is 0 Å². The maximum atomic E-state index is 6.94. The zero-order chi connectivity index (χ0) is 18.8. The molecule has 0 amide bonds. The number of nitrogens with one attached hydrogen (secondary N) is 1. The number of allylic oxidation sites excluding steroid dienone is 2. The van der Waals surface area contributed by atoms with Gasteiger partial charge in [0.2, 0.25) is 0 Å². The Bertz CT molecular complexity index is 554. The summed E-state index contributed by atoms with van der Waals surface area (Å²) in [5, 5.41) is 2.15. The molecule has 1 aromatic carbocycles. The van der Waals surface area contributed by atoms with Crippen LogP contribution in [0.1, 0.15) is 37.8 Å². The Morgan fingerprint density at radius 1 is 1.29 bits per heavy atom. The van der Waals surface area contributed by atoms with Crippen LogP contribution in [0.2, 0.25) is 13.1 Å². The van der Waals surface area contributed by atoms with Gasteiger partial charge in [-0.3, -0.25) is 0 Å². The number of halogens is 3. The number of hydrogen-bond donors (Lipinski definition) is 0. The van der Waals surface area contributed by atoms with Gasteiger partial charge in [0.1, 0.15) is 0 Å². The van der Waals surface area contributed by atoms with E-state index in [0.29, 0.717) is 5.92 Å². The van der Waals surface area contributed by atoms with Gasteiger partial charge in [0, 0.05) is 9.52 Å². The Morgan fingerprint density at radius 2 is 1.79 bits per heavy atom. The van der Waals surface area contributed by atoms with E-state index in [1.54, 1.807) is 11.8 Å². The molecule has 3 rings (SSSR count). The molecule has 1 aromatic rings. The minimum absolute atomic E-state index is 0.250. The van der Waals surface area contributed by atoms with Gasteiger partial charge in [-0.2, -0.15) is 11.6 Å². The molecule has 2 aliphatic rings. The molecule has 0 spiro atoms. The summed E-state index contributed by atoms with van der Waals surface area (Å²) in [5.41, 5.74) is 9.32. The van der Waals surface area contributed by atoms with Crippen LogP contribution in [0.3, 0.4) is 0 Å². The average molecular weight is 543 g/mol. The van der Waals surface area contributed by atoms with Crippen molar-refractivity contribution >= 4 is 54.2 Å². The van der Waals surface area contributed by atoms with E-state index in [2.05, 4.69) is 64.8 Å². The molecule has 1 unspecified atom stereocenters. The molecular formula is C17H22BrCl2NSSiZr. The Labute approximate surface area is 180 Å². The van der Waals surface area contributed by atoms with Gasteiger partial charge in [0.05, 0.1) is 0 Å². The van der Waals surface area contributed by atoms with E-state index in [1.165, 1.54) is 16.0 Å². The van der Waals surface area contributed by atoms with Crippen LogP contribution in [0.4, 0.5) is 0 Å². The predicted molar refractivity (Wildman–Crippen MR) is 113 cm³/mol. The third-order valence-electron chi connectivity index (χ3n) is 2.36.